The van der Waals surface area contributed by atoms with Crippen molar-refractivity contribution in [2.75, 3.05) is 13.7 Å². The SMILES string of the molecule is CCO[C@@H](Cc1ccc(OCc2cc(CO)ccn2)cc1)C(=O)N(C)O.Cl. The number of nitrogens with zero attached hydrogens (tertiary/aromatic N) is 2. The van der Waals surface area contributed by atoms with Crippen molar-refractivity contribution >= 4 is 18.3 Å². The fourth-order valence-electron chi connectivity index (χ4n) is 2.43. The summed E-state index contributed by atoms with van der Waals surface area (Å²) in [5.74, 6) is 0.186. The van der Waals surface area contributed by atoms with Crippen molar-refractivity contribution in [3.8, 4) is 5.75 Å². The molecule has 1 heterocycles. The van der Waals surface area contributed by atoms with Crippen LogP contribution in [0, 0.1) is 0 Å². The Kier molecular flexibility index (Phi) is 9.74. The summed E-state index contributed by atoms with van der Waals surface area (Å²) in [6, 6.07) is 10.9. The molecule has 148 valence electrons. The molecule has 2 aromatic rings. The highest BCUT2D eigenvalue weighted by atomic mass is 35.5. The van der Waals surface area contributed by atoms with E-state index < -0.39 is 12.0 Å². The minimum atomic E-state index is -0.729. The van der Waals surface area contributed by atoms with E-state index in [1.165, 1.54) is 7.05 Å². The number of rotatable bonds is 9. The Balaban J connectivity index is 0.00000364. The molecule has 7 nitrogen and oxygen atoms in total. The first kappa shape index (κ1) is 22.9. The second-order valence-electron chi connectivity index (χ2n) is 5.76. The van der Waals surface area contributed by atoms with E-state index >= 15 is 0 Å². The first-order chi connectivity index (χ1) is 12.5. The van der Waals surface area contributed by atoms with Crippen LogP contribution in [-0.2, 0) is 29.2 Å². The third kappa shape index (κ3) is 7.15. The second kappa shape index (κ2) is 11.5. The molecule has 0 fully saturated rings. The third-order valence-electron chi connectivity index (χ3n) is 3.76. The summed E-state index contributed by atoms with van der Waals surface area (Å²) < 4.78 is 11.1. The number of carbonyl (C=O) groups excluding carboxylic acids is 1. The maximum Gasteiger partial charge on any atom is 0.275 e. The third-order valence-corrected chi connectivity index (χ3v) is 3.76. The zero-order chi connectivity index (χ0) is 18.9. The Morgan fingerprint density at radius 2 is 1.93 bits per heavy atom. The van der Waals surface area contributed by atoms with Gasteiger partial charge in [0, 0.05) is 26.3 Å². The Morgan fingerprint density at radius 1 is 1.22 bits per heavy atom. The summed E-state index contributed by atoms with van der Waals surface area (Å²) in [5.41, 5.74) is 2.41. The molecule has 0 radical (unpaired) electrons. The lowest BCUT2D eigenvalue weighted by Gasteiger charge is -2.19. The van der Waals surface area contributed by atoms with Gasteiger partial charge in [0.05, 0.1) is 12.3 Å². The number of hydrogen-bond acceptors (Lipinski definition) is 6. The molecule has 0 bridgehead atoms. The highest BCUT2D eigenvalue weighted by Crippen LogP contribution is 2.16. The van der Waals surface area contributed by atoms with Crippen molar-refractivity contribution in [3.63, 3.8) is 0 Å². The smallest absolute Gasteiger partial charge is 0.275 e. The summed E-state index contributed by atoms with van der Waals surface area (Å²) in [6.45, 7) is 2.44. The van der Waals surface area contributed by atoms with E-state index in [0.29, 0.717) is 30.4 Å². The van der Waals surface area contributed by atoms with Crippen molar-refractivity contribution in [2.45, 2.75) is 32.7 Å². The molecule has 1 amide bonds. The van der Waals surface area contributed by atoms with Gasteiger partial charge in [0.15, 0.2) is 0 Å². The molecular formula is C19H25ClN2O5. The van der Waals surface area contributed by atoms with Crippen LogP contribution in [-0.4, -0.2) is 46.0 Å². The first-order valence-corrected chi connectivity index (χ1v) is 8.38. The molecule has 2 N–H and O–H groups in total. The summed E-state index contributed by atoms with van der Waals surface area (Å²) in [4.78, 5) is 16.1. The number of aliphatic hydroxyl groups is 1. The average Bonchev–Trinajstić information content (AvgIpc) is 2.66. The monoisotopic (exact) mass is 396 g/mol. The lowest BCUT2D eigenvalue weighted by molar-refractivity contribution is -0.171. The van der Waals surface area contributed by atoms with Gasteiger partial charge >= 0.3 is 0 Å². The maximum atomic E-state index is 11.9. The fourth-order valence-corrected chi connectivity index (χ4v) is 2.43. The van der Waals surface area contributed by atoms with Gasteiger partial charge in [-0.15, -0.1) is 12.4 Å². The van der Waals surface area contributed by atoms with Crippen LogP contribution in [0.1, 0.15) is 23.7 Å². The van der Waals surface area contributed by atoms with Crippen molar-refractivity contribution in [1.29, 1.82) is 0 Å². The highest BCUT2D eigenvalue weighted by Gasteiger charge is 2.22. The number of ether oxygens (including phenoxy) is 2. The zero-order valence-corrected chi connectivity index (χ0v) is 16.2. The summed E-state index contributed by atoms with van der Waals surface area (Å²) in [6.07, 6.45) is 1.26. The minimum Gasteiger partial charge on any atom is -0.487 e. The van der Waals surface area contributed by atoms with Crippen molar-refractivity contribution in [3.05, 3.63) is 59.4 Å². The molecule has 8 heteroatoms. The van der Waals surface area contributed by atoms with Gasteiger partial charge in [0.25, 0.3) is 5.91 Å². The number of carbonyl (C=O) groups is 1. The molecule has 0 spiro atoms. The minimum absolute atomic E-state index is 0. The van der Waals surface area contributed by atoms with Crippen LogP contribution in [0.3, 0.4) is 0 Å². The van der Waals surface area contributed by atoms with Crippen molar-refractivity contribution in [1.82, 2.24) is 10.0 Å². The number of halogens is 1. The molecule has 1 aromatic heterocycles. The van der Waals surface area contributed by atoms with Gasteiger partial charge in [0.1, 0.15) is 18.5 Å². The van der Waals surface area contributed by atoms with Crippen LogP contribution >= 0.6 is 12.4 Å². The molecule has 1 atom stereocenters. The predicted molar refractivity (Wildman–Crippen MR) is 102 cm³/mol. The lowest BCUT2D eigenvalue weighted by atomic mass is 10.1. The van der Waals surface area contributed by atoms with E-state index in [2.05, 4.69) is 4.98 Å². The highest BCUT2D eigenvalue weighted by molar-refractivity contribution is 5.85. The first-order valence-electron chi connectivity index (χ1n) is 8.38. The van der Waals surface area contributed by atoms with Crippen LogP contribution in [0.5, 0.6) is 5.75 Å². The van der Waals surface area contributed by atoms with E-state index in [0.717, 1.165) is 16.8 Å². The maximum absolute atomic E-state index is 11.9. The molecular weight excluding hydrogens is 372 g/mol. The van der Waals surface area contributed by atoms with E-state index in [-0.39, 0.29) is 19.0 Å². The topological polar surface area (TPSA) is 92.1 Å². The van der Waals surface area contributed by atoms with E-state index in [9.17, 15) is 10.0 Å². The van der Waals surface area contributed by atoms with Crippen LogP contribution in [0.15, 0.2) is 42.6 Å². The molecule has 0 unspecified atom stereocenters. The number of amides is 1. The number of hydroxylamine groups is 2. The van der Waals surface area contributed by atoms with E-state index in [1.54, 1.807) is 37.4 Å². The van der Waals surface area contributed by atoms with Crippen LogP contribution in [0.2, 0.25) is 0 Å². The van der Waals surface area contributed by atoms with Gasteiger partial charge in [-0.3, -0.25) is 15.0 Å². The number of benzene rings is 1. The van der Waals surface area contributed by atoms with Crippen LogP contribution in [0.25, 0.3) is 0 Å². The van der Waals surface area contributed by atoms with Gasteiger partial charge in [-0.1, -0.05) is 12.1 Å². The molecule has 0 aliphatic rings. The van der Waals surface area contributed by atoms with Gasteiger partial charge in [-0.2, -0.15) is 0 Å². The Bertz CT molecular complexity index is 710. The second-order valence-corrected chi connectivity index (χ2v) is 5.76. The largest absolute Gasteiger partial charge is 0.487 e. The normalized spacial score (nSPS) is 11.4. The number of pyridine rings is 1. The molecule has 0 aliphatic carbocycles. The summed E-state index contributed by atoms with van der Waals surface area (Å²) in [7, 11) is 1.28. The standard InChI is InChI=1S/C19H24N2O5.ClH/c1-3-25-18(19(23)21(2)24)11-14-4-6-17(7-5-14)26-13-16-10-15(12-22)8-9-20-16;/h4-10,18,22,24H,3,11-13H2,1-2H3;1H/t18-;/m0./s1. The average molecular weight is 397 g/mol. The predicted octanol–water partition coefficient (Wildman–Crippen LogP) is 2.37. The van der Waals surface area contributed by atoms with Crippen molar-refractivity contribution in [2.24, 2.45) is 0 Å². The van der Waals surface area contributed by atoms with E-state index in [1.807, 2.05) is 12.1 Å². The molecule has 0 saturated carbocycles. The molecule has 0 saturated heterocycles. The Labute approximate surface area is 164 Å². The zero-order valence-electron chi connectivity index (χ0n) is 15.4. The Hall–Kier alpha value is -2.19. The number of likely N-dealkylation sites (N-methyl/N-ethyl adjacent to an activating group) is 1. The quantitative estimate of drug-likeness (QED) is 0.499. The van der Waals surface area contributed by atoms with Crippen molar-refractivity contribution < 1.29 is 24.6 Å². The van der Waals surface area contributed by atoms with Gasteiger partial charge in [0.2, 0.25) is 0 Å². The lowest BCUT2D eigenvalue weighted by Crippen LogP contribution is -2.37. The van der Waals surface area contributed by atoms with Crippen LogP contribution in [0.4, 0.5) is 0 Å². The Morgan fingerprint density at radius 3 is 2.52 bits per heavy atom. The number of aliphatic hydroxyl groups excluding tert-OH is 1. The van der Waals surface area contributed by atoms with Crippen LogP contribution < -0.4 is 4.74 Å². The fraction of sp³-hybridized carbons (Fsp3) is 0.368. The summed E-state index contributed by atoms with van der Waals surface area (Å²) >= 11 is 0. The molecule has 27 heavy (non-hydrogen) atoms. The van der Waals surface area contributed by atoms with Gasteiger partial charge in [-0.25, -0.2) is 5.06 Å². The summed E-state index contributed by atoms with van der Waals surface area (Å²) in [5, 5.41) is 19.0. The van der Waals surface area contributed by atoms with Gasteiger partial charge < -0.3 is 14.6 Å². The van der Waals surface area contributed by atoms with Gasteiger partial charge in [-0.05, 0) is 42.3 Å². The number of aromatic nitrogens is 1. The van der Waals surface area contributed by atoms with E-state index in [4.69, 9.17) is 14.6 Å². The number of hydrogen-bond donors (Lipinski definition) is 2. The molecule has 0 aliphatic heterocycles. The molecule has 2 rings (SSSR count). The molecule has 1 aromatic carbocycles.